The number of likely N-dealkylation sites (tertiary alicyclic amines) is 1. The van der Waals surface area contributed by atoms with Gasteiger partial charge in [-0.1, -0.05) is 5.16 Å². The Morgan fingerprint density at radius 3 is 2.71 bits per heavy atom. The highest BCUT2D eigenvalue weighted by Crippen LogP contribution is 2.41. The van der Waals surface area contributed by atoms with Gasteiger partial charge >= 0.3 is 5.97 Å². The number of carboxylic acids is 1. The summed E-state index contributed by atoms with van der Waals surface area (Å²) in [5, 5.41) is 25.5. The number of aromatic nitrogens is 1. The Morgan fingerprint density at radius 1 is 1.32 bits per heavy atom. The molecule has 3 aliphatic heterocycles. The first-order valence-electron chi connectivity index (χ1n) is 10.5. The molecule has 1 aromatic heterocycles. The fourth-order valence-corrected chi connectivity index (χ4v) is 6.14. The van der Waals surface area contributed by atoms with Crippen LogP contribution in [-0.2, 0) is 19.2 Å². The molecule has 0 radical (unpaired) electrons. The van der Waals surface area contributed by atoms with E-state index in [1.54, 1.807) is 6.08 Å². The third-order valence-corrected chi connectivity index (χ3v) is 8.04. The van der Waals surface area contributed by atoms with E-state index in [2.05, 4.69) is 15.5 Å². The Balaban J connectivity index is 1.34. The molecule has 1 aliphatic carbocycles. The molecular formula is C20H20N6O6S2. The van der Waals surface area contributed by atoms with Gasteiger partial charge in [0.15, 0.2) is 10.8 Å². The third-order valence-electron chi connectivity index (χ3n) is 6.06. The Hall–Kier alpha value is -3.39. The number of thiazole rings is 1. The highest BCUT2D eigenvalue weighted by atomic mass is 32.2. The number of hydrogen-bond donors (Lipinski definition) is 4. The van der Waals surface area contributed by atoms with Crippen LogP contribution in [0.3, 0.4) is 0 Å². The summed E-state index contributed by atoms with van der Waals surface area (Å²) < 4.78 is 0. The monoisotopic (exact) mass is 504 g/mol. The second-order valence-electron chi connectivity index (χ2n) is 8.21. The van der Waals surface area contributed by atoms with E-state index in [0.29, 0.717) is 24.1 Å². The number of anilines is 1. The first kappa shape index (κ1) is 22.4. The molecule has 1 saturated carbocycles. The van der Waals surface area contributed by atoms with Crippen molar-refractivity contribution < 1.29 is 29.5 Å². The van der Waals surface area contributed by atoms with E-state index >= 15 is 0 Å². The standard InChI is InChI=1S/C20H20N6O6S2/c21-20-22-11(7-34-20)12(24-32)15(27)23-13-17(29)26-14(19(30)31)9(6-33-18(13)26)5-8-3-4-25(16(8)28)10-1-2-10/h5,7,10,13,18,32H,1-4,6H2,(H2,21,22)(H,23,27)(H,30,31)/t13-,18-/m1/s1. The molecule has 3 fully saturated rings. The number of carboxylic acid groups (broad SMARTS) is 1. The summed E-state index contributed by atoms with van der Waals surface area (Å²) in [6.45, 7) is 0.622. The van der Waals surface area contributed by atoms with Crippen LogP contribution in [0.15, 0.2) is 33.5 Å². The summed E-state index contributed by atoms with van der Waals surface area (Å²) in [7, 11) is 0. The number of nitrogens with zero attached hydrogens (tertiary/aromatic N) is 4. The molecule has 5 N–H and O–H groups in total. The summed E-state index contributed by atoms with van der Waals surface area (Å²) in [6.07, 6.45) is 4.12. The van der Waals surface area contributed by atoms with Crippen LogP contribution < -0.4 is 11.1 Å². The number of nitrogen functional groups attached to an aromatic ring is 1. The molecule has 4 heterocycles. The largest absolute Gasteiger partial charge is 0.477 e. The molecule has 5 rings (SSSR count). The molecule has 34 heavy (non-hydrogen) atoms. The lowest BCUT2D eigenvalue weighted by molar-refractivity contribution is -0.150. The summed E-state index contributed by atoms with van der Waals surface area (Å²) in [5.74, 6) is -2.55. The molecule has 178 valence electrons. The third kappa shape index (κ3) is 3.72. The van der Waals surface area contributed by atoms with Gasteiger partial charge in [-0.05, 0) is 30.9 Å². The Labute approximate surface area is 201 Å². The normalized spacial score (nSPS) is 26.1. The van der Waals surface area contributed by atoms with E-state index in [1.807, 2.05) is 4.90 Å². The van der Waals surface area contributed by atoms with Crippen LogP contribution in [0.5, 0.6) is 0 Å². The van der Waals surface area contributed by atoms with Crippen molar-refractivity contribution in [3.63, 3.8) is 0 Å². The van der Waals surface area contributed by atoms with Crippen LogP contribution in [0.2, 0.25) is 0 Å². The second-order valence-corrected chi connectivity index (χ2v) is 10.2. The van der Waals surface area contributed by atoms with E-state index in [-0.39, 0.29) is 34.2 Å². The molecule has 0 aromatic carbocycles. The van der Waals surface area contributed by atoms with Crippen molar-refractivity contribution in [2.24, 2.45) is 5.16 Å². The molecule has 12 nitrogen and oxygen atoms in total. The zero-order chi connectivity index (χ0) is 24.1. The lowest BCUT2D eigenvalue weighted by atomic mass is 10.0. The Bertz CT molecular complexity index is 1200. The number of β-lactam (4-membered cyclic amide) rings is 1. The Kier molecular flexibility index (Phi) is 5.56. The van der Waals surface area contributed by atoms with Crippen molar-refractivity contribution in [1.82, 2.24) is 20.1 Å². The predicted octanol–water partition coefficient (Wildman–Crippen LogP) is -0.0367. The molecule has 0 unspecified atom stereocenters. The number of allylic oxidation sites excluding steroid dienone is 1. The van der Waals surface area contributed by atoms with Crippen molar-refractivity contribution in [3.8, 4) is 0 Å². The van der Waals surface area contributed by atoms with E-state index in [9.17, 15) is 29.5 Å². The van der Waals surface area contributed by atoms with Crippen molar-refractivity contribution >= 4 is 57.6 Å². The molecular weight excluding hydrogens is 484 g/mol. The fraction of sp³-hybridized carbons (Fsp3) is 0.400. The number of aliphatic carboxylic acids is 1. The van der Waals surface area contributed by atoms with Crippen LogP contribution in [0, 0.1) is 0 Å². The zero-order valence-corrected chi connectivity index (χ0v) is 19.3. The maximum absolute atomic E-state index is 12.9. The van der Waals surface area contributed by atoms with Gasteiger partial charge in [0.05, 0.1) is 0 Å². The van der Waals surface area contributed by atoms with Gasteiger partial charge in [-0.3, -0.25) is 19.3 Å². The van der Waals surface area contributed by atoms with Crippen molar-refractivity contribution in [2.75, 3.05) is 18.0 Å². The van der Waals surface area contributed by atoms with Crippen LogP contribution in [0.4, 0.5) is 5.13 Å². The van der Waals surface area contributed by atoms with Gasteiger partial charge in [0.25, 0.3) is 11.8 Å². The number of hydrogen-bond acceptors (Lipinski definition) is 10. The molecule has 1 aromatic rings. The number of oxime groups is 1. The number of nitrogens with one attached hydrogen (secondary N) is 1. The summed E-state index contributed by atoms with van der Waals surface area (Å²) in [6, 6.07) is -0.724. The molecule has 0 bridgehead atoms. The van der Waals surface area contributed by atoms with Crippen LogP contribution in [0.1, 0.15) is 25.0 Å². The Morgan fingerprint density at radius 2 is 2.09 bits per heavy atom. The SMILES string of the molecule is Nc1nc(C(=NO)C(=O)N[C@@H]2C(=O)N3C(C(=O)O)=C(C=C4CCN(C5CC5)C4=O)CS[C@H]23)cs1. The van der Waals surface area contributed by atoms with Crippen molar-refractivity contribution in [1.29, 1.82) is 0 Å². The van der Waals surface area contributed by atoms with Crippen molar-refractivity contribution in [3.05, 3.63) is 34.0 Å². The van der Waals surface area contributed by atoms with Gasteiger partial charge in [0, 0.05) is 29.3 Å². The predicted molar refractivity (Wildman–Crippen MR) is 122 cm³/mol. The number of carbonyl (C=O) groups is 4. The molecule has 2 atom stereocenters. The van der Waals surface area contributed by atoms with Crippen LogP contribution in [-0.4, -0.2) is 84.3 Å². The van der Waals surface area contributed by atoms with E-state index in [1.165, 1.54) is 17.1 Å². The lowest BCUT2D eigenvalue weighted by Crippen LogP contribution is -2.71. The molecule has 3 amide bonds. The number of amides is 3. The average molecular weight is 505 g/mol. The first-order valence-corrected chi connectivity index (χ1v) is 12.4. The minimum atomic E-state index is -1.28. The molecule has 0 spiro atoms. The minimum Gasteiger partial charge on any atom is -0.477 e. The number of nitrogens with two attached hydrogens (primary N) is 1. The number of thioether (sulfide) groups is 1. The van der Waals surface area contributed by atoms with E-state index in [0.717, 1.165) is 29.1 Å². The van der Waals surface area contributed by atoms with Crippen LogP contribution in [0.25, 0.3) is 0 Å². The van der Waals surface area contributed by atoms with Gasteiger partial charge in [-0.15, -0.1) is 23.1 Å². The highest BCUT2D eigenvalue weighted by Gasteiger charge is 2.54. The zero-order valence-electron chi connectivity index (χ0n) is 17.6. The topological polar surface area (TPSA) is 179 Å². The lowest BCUT2D eigenvalue weighted by Gasteiger charge is -2.49. The van der Waals surface area contributed by atoms with Crippen LogP contribution >= 0.6 is 23.1 Å². The first-order chi connectivity index (χ1) is 16.3. The highest BCUT2D eigenvalue weighted by molar-refractivity contribution is 8.00. The van der Waals surface area contributed by atoms with Gasteiger partial charge in [-0.25, -0.2) is 9.78 Å². The number of fused-ring (bicyclic) bond motifs is 1. The van der Waals surface area contributed by atoms with E-state index in [4.69, 9.17) is 5.73 Å². The summed E-state index contributed by atoms with van der Waals surface area (Å²) in [4.78, 5) is 57.0. The maximum Gasteiger partial charge on any atom is 0.352 e. The molecule has 2 saturated heterocycles. The molecule has 4 aliphatic rings. The van der Waals surface area contributed by atoms with Gasteiger partial charge < -0.3 is 26.3 Å². The van der Waals surface area contributed by atoms with Gasteiger partial charge in [0.2, 0.25) is 5.91 Å². The van der Waals surface area contributed by atoms with E-state index < -0.39 is 34.9 Å². The summed E-state index contributed by atoms with van der Waals surface area (Å²) >= 11 is 2.34. The maximum atomic E-state index is 12.9. The minimum absolute atomic E-state index is 0.0592. The number of rotatable bonds is 6. The molecule has 14 heteroatoms. The average Bonchev–Trinajstić information content (AvgIpc) is 3.46. The fourth-order valence-electron chi connectivity index (χ4n) is 4.29. The smallest absolute Gasteiger partial charge is 0.352 e. The second kappa shape index (κ2) is 8.43. The number of carbonyl (C=O) groups excluding carboxylic acids is 3. The van der Waals surface area contributed by atoms with Gasteiger partial charge in [0.1, 0.15) is 22.8 Å². The van der Waals surface area contributed by atoms with Crippen molar-refractivity contribution in [2.45, 2.75) is 36.7 Å². The van der Waals surface area contributed by atoms with Gasteiger partial charge in [-0.2, -0.15) is 0 Å². The summed E-state index contributed by atoms with van der Waals surface area (Å²) in [5.41, 5.74) is 5.96. The quantitative estimate of drug-likeness (QED) is 0.136.